The first kappa shape index (κ1) is 16.6. The van der Waals surface area contributed by atoms with E-state index in [2.05, 4.69) is 10.1 Å². The number of hydrogen-bond acceptors (Lipinski definition) is 4. The van der Waals surface area contributed by atoms with Crippen LogP contribution in [-0.2, 0) is 14.3 Å². The van der Waals surface area contributed by atoms with Crippen molar-refractivity contribution in [1.29, 1.82) is 0 Å². The predicted octanol–water partition coefficient (Wildman–Crippen LogP) is 2.93. The molecule has 0 saturated heterocycles. The van der Waals surface area contributed by atoms with E-state index in [-0.39, 0.29) is 11.9 Å². The van der Waals surface area contributed by atoms with Gasteiger partial charge in [0.05, 0.1) is 12.9 Å². The Balaban J connectivity index is 2.23. The van der Waals surface area contributed by atoms with Crippen LogP contribution in [0.2, 0.25) is 0 Å². The number of esters is 1. The van der Waals surface area contributed by atoms with Crippen molar-refractivity contribution in [2.75, 3.05) is 23.9 Å². The highest BCUT2D eigenvalue weighted by atomic mass is 32.2. The van der Waals surface area contributed by atoms with Gasteiger partial charge < -0.3 is 10.1 Å². The number of methoxy groups -OCH3 is 1. The highest BCUT2D eigenvalue weighted by molar-refractivity contribution is 7.99. The quantitative estimate of drug-likeness (QED) is 0.621. The first-order valence-electron chi connectivity index (χ1n) is 6.54. The molecule has 5 heteroatoms. The maximum Gasteiger partial charge on any atom is 0.305 e. The lowest BCUT2D eigenvalue weighted by atomic mass is 10.1. The van der Waals surface area contributed by atoms with E-state index in [0.29, 0.717) is 12.2 Å². The molecule has 0 aliphatic carbocycles. The zero-order chi connectivity index (χ0) is 15.0. The summed E-state index contributed by atoms with van der Waals surface area (Å²) in [6, 6.07) is 5.87. The molecular formula is C15H21NO3S. The van der Waals surface area contributed by atoms with Crippen molar-refractivity contribution in [2.45, 2.75) is 26.7 Å². The van der Waals surface area contributed by atoms with Crippen LogP contribution in [0.4, 0.5) is 5.69 Å². The molecule has 0 aliphatic rings. The standard InChI is InChI=1S/C15H21NO3S/c1-11-6-7-13(9-12(11)2)16-14(17)10-20-8-4-5-15(18)19-3/h6-7,9H,4-5,8,10H2,1-3H3,(H,16,17). The van der Waals surface area contributed by atoms with Crippen LogP contribution in [0, 0.1) is 13.8 Å². The van der Waals surface area contributed by atoms with E-state index in [9.17, 15) is 9.59 Å². The molecule has 0 atom stereocenters. The van der Waals surface area contributed by atoms with E-state index in [1.54, 1.807) is 0 Å². The molecule has 0 fully saturated rings. The van der Waals surface area contributed by atoms with Crippen LogP contribution in [0.5, 0.6) is 0 Å². The summed E-state index contributed by atoms with van der Waals surface area (Å²) < 4.78 is 4.55. The molecule has 0 heterocycles. The summed E-state index contributed by atoms with van der Waals surface area (Å²) in [6.07, 6.45) is 1.14. The lowest BCUT2D eigenvalue weighted by Gasteiger charge is -2.07. The molecule has 110 valence electrons. The average Bonchev–Trinajstić information content (AvgIpc) is 2.42. The van der Waals surface area contributed by atoms with Crippen LogP contribution >= 0.6 is 11.8 Å². The van der Waals surface area contributed by atoms with Gasteiger partial charge in [0.2, 0.25) is 5.91 Å². The normalized spacial score (nSPS) is 10.2. The van der Waals surface area contributed by atoms with Crippen molar-refractivity contribution in [1.82, 2.24) is 0 Å². The minimum absolute atomic E-state index is 0.0173. The predicted molar refractivity (Wildman–Crippen MR) is 83.1 cm³/mol. The maximum atomic E-state index is 11.7. The molecule has 0 radical (unpaired) electrons. The summed E-state index contributed by atoms with van der Waals surface area (Å²) in [5.41, 5.74) is 3.20. The molecule has 1 rings (SSSR count). The Morgan fingerprint density at radius 1 is 1.25 bits per heavy atom. The molecule has 0 saturated carbocycles. The van der Waals surface area contributed by atoms with Gasteiger partial charge in [0, 0.05) is 12.1 Å². The number of anilines is 1. The fourth-order valence-corrected chi connectivity index (χ4v) is 2.35. The number of amides is 1. The summed E-state index contributed by atoms with van der Waals surface area (Å²) in [5, 5.41) is 2.87. The van der Waals surface area contributed by atoms with Crippen molar-refractivity contribution in [2.24, 2.45) is 0 Å². The van der Waals surface area contributed by atoms with Gasteiger partial charge in [-0.15, -0.1) is 0 Å². The minimum Gasteiger partial charge on any atom is -0.469 e. The Kier molecular flexibility index (Phi) is 7.15. The molecule has 4 nitrogen and oxygen atoms in total. The van der Waals surface area contributed by atoms with E-state index in [0.717, 1.165) is 23.4 Å². The van der Waals surface area contributed by atoms with E-state index in [1.165, 1.54) is 24.4 Å². The summed E-state index contributed by atoms with van der Waals surface area (Å²) >= 11 is 1.52. The largest absolute Gasteiger partial charge is 0.469 e. The average molecular weight is 295 g/mol. The number of hydrogen-bond donors (Lipinski definition) is 1. The molecule has 0 unspecified atom stereocenters. The summed E-state index contributed by atoms with van der Waals surface area (Å²) in [6.45, 7) is 4.06. The molecular weight excluding hydrogens is 274 g/mol. The Morgan fingerprint density at radius 2 is 2.00 bits per heavy atom. The second kappa shape index (κ2) is 8.64. The first-order chi connectivity index (χ1) is 9.52. The van der Waals surface area contributed by atoms with E-state index in [1.807, 2.05) is 32.0 Å². The number of carbonyl (C=O) groups excluding carboxylic acids is 2. The Morgan fingerprint density at radius 3 is 2.65 bits per heavy atom. The van der Waals surface area contributed by atoms with Crippen molar-refractivity contribution in [3.63, 3.8) is 0 Å². The number of rotatable bonds is 7. The van der Waals surface area contributed by atoms with Crippen molar-refractivity contribution < 1.29 is 14.3 Å². The van der Waals surface area contributed by atoms with Crippen LogP contribution < -0.4 is 5.32 Å². The first-order valence-corrected chi connectivity index (χ1v) is 7.70. The SMILES string of the molecule is COC(=O)CCCSCC(=O)Nc1ccc(C)c(C)c1. The smallest absolute Gasteiger partial charge is 0.305 e. The zero-order valence-electron chi connectivity index (χ0n) is 12.2. The van der Waals surface area contributed by atoms with E-state index < -0.39 is 0 Å². The molecule has 1 aromatic rings. The van der Waals surface area contributed by atoms with E-state index in [4.69, 9.17) is 0 Å². The molecule has 0 spiro atoms. The number of ether oxygens (including phenoxy) is 1. The van der Waals surface area contributed by atoms with Gasteiger partial charge in [-0.05, 0) is 49.3 Å². The van der Waals surface area contributed by atoms with Gasteiger partial charge >= 0.3 is 5.97 Å². The summed E-state index contributed by atoms with van der Waals surface area (Å²) in [5.74, 6) is 0.949. The topological polar surface area (TPSA) is 55.4 Å². The van der Waals surface area contributed by atoms with Gasteiger partial charge in [0.1, 0.15) is 0 Å². The Bertz CT molecular complexity index is 474. The van der Waals surface area contributed by atoms with Crippen LogP contribution in [-0.4, -0.2) is 30.5 Å². The highest BCUT2D eigenvalue weighted by Gasteiger charge is 2.04. The van der Waals surface area contributed by atoms with Crippen molar-refractivity contribution >= 4 is 29.3 Å². The summed E-state index contributed by atoms with van der Waals surface area (Å²) in [4.78, 5) is 22.6. The molecule has 1 aromatic carbocycles. The second-order valence-corrected chi connectivity index (χ2v) is 5.68. The molecule has 0 aliphatic heterocycles. The molecule has 1 amide bonds. The van der Waals surface area contributed by atoms with Crippen molar-refractivity contribution in [3.8, 4) is 0 Å². The Labute approximate surface area is 124 Å². The van der Waals surface area contributed by atoms with Crippen LogP contribution in [0.1, 0.15) is 24.0 Å². The van der Waals surface area contributed by atoms with Crippen molar-refractivity contribution in [3.05, 3.63) is 29.3 Å². The number of nitrogens with one attached hydrogen (secondary N) is 1. The lowest BCUT2D eigenvalue weighted by Crippen LogP contribution is -2.14. The van der Waals surface area contributed by atoms with Gasteiger partial charge in [-0.2, -0.15) is 11.8 Å². The highest BCUT2D eigenvalue weighted by Crippen LogP contribution is 2.14. The molecule has 20 heavy (non-hydrogen) atoms. The van der Waals surface area contributed by atoms with E-state index >= 15 is 0 Å². The lowest BCUT2D eigenvalue weighted by molar-refractivity contribution is -0.140. The monoisotopic (exact) mass is 295 g/mol. The van der Waals surface area contributed by atoms with Crippen LogP contribution in [0.15, 0.2) is 18.2 Å². The Hall–Kier alpha value is -1.49. The van der Waals surface area contributed by atoms with Crippen LogP contribution in [0.3, 0.4) is 0 Å². The second-order valence-electron chi connectivity index (χ2n) is 4.58. The third-order valence-electron chi connectivity index (χ3n) is 2.92. The molecule has 0 bridgehead atoms. The van der Waals surface area contributed by atoms with Gasteiger partial charge in [-0.1, -0.05) is 6.07 Å². The third-order valence-corrected chi connectivity index (χ3v) is 3.96. The zero-order valence-corrected chi connectivity index (χ0v) is 13.0. The molecule has 0 aromatic heterocycles. The number of thioether (sulfide) groups is 1. The number of aryl methyl sites for hydroxylation is 2. The fraction of sp³-hybridized carbons (Fsp3) is 0.467. The van der Waals surface area contributed by atoms with Gasteiger partial charge in [-0.25, -0.2) is 0 Å². The van der Waals surface area contributed by atoms with Crippen LogP contribution in [0.25, 0.3) is 0 Å². The van der Waals surface area contributed by atoms with Gasteiger partial charge in [0.25, 0.3) is 0 Å². The third kappa shape index (κ3) is 6.10. The fourth-order valence-electron chi connectivity index (χ4n) is 1.60. The maximum absolute atomic E-state index is 11.7. The van der Waals surface area contributed by atoms with Gasteiger partial charge in [-0.3, -0.25) is 9.59 Å². The summed E-state index contributed by atoms with van der Waals surface area (Å²) in [7, 11) is 1.38. The minimum atomic E-state index is -0.204. The van der Waals surface area contributed by atoms with Gasteiger partial charge in [0.15, 0.2) is 0 Å². The number of carbonyl (C=O) groups is 2. The molecule has 1 N–H and O–H groups in total. The number of benzene rings is 1.